The van der Waals surface area contributed by atoms with E-state index in [0.29, 0.717) is 23.4 Å². The van der Waals surface area contributed by atoms with Gasteiger partial charge < -0.3 is 19.7 Å². The summed E-state index contributed by atoms with van der Waals surface area (Å²) in [5.74, 6) is 2.52. The molecule has 3 heterocycles. The smallest absolute Gasteiger partial charge is 0.159 e. The standard InChI is InChI=1S/C20H24ClN5O2/c1-13-19(23-17-7-6-15(28-3)11-16(17)21)24-18-8-9-22-26(18)20(13)25-10-4-5-14(25)12-27-2/h6-9,11,14H,4-5,10,12H2,1-3H3,(H,23,24)/t14-/m1/s1. The molecule has 4 rings (SSSR count). The van der Waals surface area contributed by atoms with Gasteiger partial charge in [-0.3, -0.25) is 0 Å². The molecule has 3 aromatic rings. The SMILES string of the molecule is COC[C@H]1CCCN1c1c(C)c(Nc2ccc(OC)cc2Cl)nc2ccnn12. The zero-order chi connectivity index (χ0) is 19.7. The number of ether oxygens (including phenoxy) is 2. The van der Waals surface area contributed by atoms with Crippen molar-refractivity contribution in [3.05, 3.63) is 41.0 Å². The predicted octanol–water partition coefficient (Wildman–Crippen LogP) is 4.06. The number of nitrogens with zero attached hydrogens (tertiary/aromatic N) is 4. The predicted molar refractivity (Wildman–Crippen MR) is 111 cm³/mol. The molecule has 148 valence electrons. The number of anilines is 3. The maximum atomic E-state index is 6.42. The Hall–Kier alpha value is -2.51. The first kappa shape index (κ1) is 18.8. The number of fused-ring (bicyclic) bond motifs is 1. The molecule has 0 aliphatic carbocycles. The Balaban J connectivity index is 1.77. The third-order valence-corrected chi connectivity index (χ3v) is 5.49. The first-order chi connectivity index (χ1) is 13.6. The fraction of sp³-hybridized carbons (Fsp3) is 0.400. The van der Waals surface area contributed by atoms with Crippen LogP contribution in [0, 0.1) is 6.92 Å². The highest BCUT2D eigenvalue weighted by Gasteiger charge is 2.29. The number of nitrogens with one attached hydrogen (secondary N) is 1. The maximum Gasteiger partial charge on any atom is 0.159 e. The van der Waals surface area contributed by atoms with Crippen molar-refractivity contribution in [1.29, 1.82) is 0 Å². The van der Waals surface area contributed by atoms with E-state index in [0.717, 1.165) is 47.9 Å². The van der Waals surface area contributed by atoms with Crippen LogP contribution in [0.5, 0.6) is 5.75 Å². The molecule has 1 atom stereocenters. The van der Waals surface area contributed by atoms with E-state index < -0.39 is 0 Å². The second-order valence-corrected chi connectivity index (χ2v) is 7.33. The Labute approximate surface area is 169 Å². The number of rotatable bonds is 6. The maximum absolute atomic E-state index is 6.42. The molecule has 1 aliphatic rings. The van der Waals surface area contributed by atoms with Gasteiger partial charge in [0.25, 0.3) is 0 Å². The highest BCUT2D eigenvalue weighted by molar-refractivity contribution is 6.33. The lowest BCUT2D eigenvalue weighted by atomic mass is 10.2. The monoisotopic (exact) mass is 401 g/mol. The van der Waals surface area contributed by atoms with Crippen LogP contribution >= 0.6 is 11.6 Å². The van der Waals surface area contributed by atoms with E-state index in [-0.39, 0.29) is 0 Å². The highest BCUT2D eigenvalue weighted by Crippen LogP contribution is 2.35. The van der Waals surface area contributed by atoms with E-state index in [9.17, 15) is 0 Å². The Kier molecular flexibility index (Phi) is 5.28. The molecule has 1 aromatic carbocycles. The number of benzene rings is 1. The molecule has 0 spiro atoms. The summed E-state index contributed by atoms with van der Waals surface area (Å²) >= 11 is 6.42. The summed E-state index contributed by atoms with van der Waals surface area (Å²) in [4.78, 5) is 7.13. The van der Waals surface area contributed by atoms with Crippen LogP contribution in [-0.2, 0) is 4.74 Å². The van der Waals surface area contributed by atoms with E-state index >= 15 is 0 Å². The fourth-order valence-corrected chi connectivity index (χ4v) is 4.02. The minimum atomic E-state index is 0.330. The molecule has 8 heteroatoms. The van der Waals surface area contributed by atoms with Crippen molar-refractivity contribution in [2.24, 2.45) is 0 Å². The van der Waals surface area contributed by atoms with E-state index in [1.165, 1.54) is 0 Å². The van der Waals surface area contributed by atoms with Crippen molar-refractivity contribution in [3.8, 4) is 5.75 Å². The zero-order valence-electron chi connectivity index (χ0n) is 16.3. The second kappa shape index (κ2) is 7.85. The normalized spacial score (nSPS) is 16.7. The molecule has 0 saturated carbocycles. The summed E-state index contributed by atoms with van der Waals surface area (Å²) in [6, 6.07) is 7.79. The Morgan fingerprint density at radius 1 is 1.29 bits per heavy atom. The van der Waals surface area contributed by atoms with Gasteiger partial charge in [-0.15, -0.1) is 0 Å². The van der Waals surface area contributed by atoms with Crippen LogP contribution in [0.15, 0.2) is 30.5 Å². The average molecular weight is 402 g/mol. The average Bonchev–Trinajstić information content (AvgIpc) is 3.33. The van der Waals surface area contributed by atoms with Gasteiger partial charge in [0, 0.05) is 31.4 Å². The van der Waals surface area contributed by atoms with E-state index in [2.05, 4.69) is 22.2 Å². The third-order valence-electron chi connectivity index (χ3n) is 5.18. The molecule has 0 bridgehead atoms. The van der Waals surface area contributed by atoms with Crippen molar-refractivity contribution in [3.63, 3.8) is 0 Å². The first-order valence-electron chi connectivity index (χ1n) is 9.33. The molecule has 0 amide bonds. The van der Waals surface area contributed by atoms with Crippen LogP contribution < -0.4 is 15.0 Å². The van der Waals surface area contributed by atoms with Crippen LogP contribution in [0.1, 0.15) is 18.4 Å². The Bertz CT molecular complexity index is 990. The number of aromatic nitrogens is 3. The second-order valence-electron chi connectivity index (χ2n) is 6.93. The van der Waals surface area contributed by atoms with Gasteiger partial charge in [-0.1, -0.05) is 11.6 Å². The number of methoxy groups -OCH3 is 2. The number of hydrogen-bond donors (Lipinski definition) is 1. The van der Waals surface area contributed by atoms with Crippen LogP contribution in [0.3, 0.4) is 0 Å². The van der Waals surface area contributed by atoms with Gasteiger partial charge in [-0.25, -0.2) is 4.98 Å². The quantitative estimate of drug-likeness (QED) is 0.672. The van der Waals surface area contributed by atoms with Gasteiger partial charge in [-0.2, -0.15) is 9.61 Å². The first-order valence-corrected chi connectivity index (χ1v) is 9.70. The molecule has 0 unspecified atom stereocenters. The van der Waals surface area contributed by atoms with Crippen molar-refractivity contribution >= 4 is 34.6 Å². The molecule has 2 aromatic heterocycles. The molecule has 1 N–H and O–H groups in total. The van der Waals surface area contributed by atoms with Gasteiger partial charge >= 0.3 is 0 Å². The van der Waals surface area contributed by atoms with E-state index in [1.54, 1.807) is 26.5 Å². The molecule has 1 saturated heterocycles. The minimum Gasteiger partial charge on any atom is -0.497 e. The summed E-state index contributed by atoms with van der Waals surface area (Å²) < 4.78 is 12.6. The zero-order valence-corrected chi connectivity index (χ0v) is 17.0. The van der Waals surface area contributed by atoms with Crippen LogP contribution in [0.2, 0.25) is 5.02 Å². The highest BCUT2D eigenvalue weighted by atomic mass is 35.5. The van der Waals surface area contributed by atoms with E-state index in [4.69, 9.17) is 26.1 Å². The van der Waals surface area contributed by atoms with Gasteiger partial charge in [-0.05, 0) is 31.9 Å². The molecule has 7 nitrogen and oxygen atoms in total. The van der Waals surface area contributed by atoms with Crippen molar-refractivity contribution in [2.45, 2.75) is 25.8 Å². The van der Waals surface area contributed by atoms with Gasteiger partial charge in [0.05, 0.1) is 36.7 Å². The van der Waals surface area contributed by atoms with Crippen molar-refractivity contribution < 1.29 is 9.47 Å². The lowest BCUT2D eigenvalue weighted by Crippen LogP contribution is -2.35. The van der Waals surface area contributed by atoms with Crippen molar-refractivity contribution in [1.82, 2.24) is 14.6 Å². The van der Waals surface area contributed by atoms with Crippen LogP contribution in [0.25, 0.3) is 5.65 Å². The Morgan fingerprint density at radius 2 is 2.14 bits per heavy atom. The molecular formula is C20H24ClN5O2. The van der Waals surface area contributed by atoms with Crippen LogP contribution in [-0.4, -0.2) is 48.0 Å². The molecule has 28 heavy (non-hydrogen) atoms. The summed E-state index contributed by atoms with van der Waals surface area (Å²) in [6.45, 7) is 3.72. The third kappa shape index (κ3) is 3.36. The number of halogens is 1. The van der Waals surface area contributed by atoms with E-state index in [1.807, 2.05) is 22.7 Å². The summed E-state index contributed by atoms with van der Waals surface area (Å²) in [6.07, 6.45) is 4.01. The van der Waals surface area contributed by atoms with Gasteiger partial charge in [0.2, 0.25) is 0 Å². The van der Waals surface area contributed by atoms with Gasteiger partial charge in [0.15, 0.2) is 5.65 Å². The van der Waals surface area contributed by atoms with Gasteiger partial charge in [0.1, 0.15) is 17.4 Å². The van der Waals surface area contributed by atoms with Crippen molar-refractivity contribution in [2.75, 3.05) is 37.6 Å². The Morgan fingerprint density at radius 3 is 2.89 bits per heavy atom. The summed E-state index contributed by atoms with van der Waals surface area (Å²) in [5.41, 5.74) is 2.59. The summed E-state index contributed by atoms with van der Waals surface area (Å²) in [7, 11) is 3.37. The lowest BCUT2D eigenvalue weighted by molar-refractivity contribution is 0.180. The summed E-state index contributed by atoms with van der Waals surface area (Å²) in [5, 5.41) is 8.47. The number of hydrogen-bond acceptors (Lipinski definition) is 6. The topological polar surface area (TPSA) is 63.9 Å². The lowest BCUT2D eigenvalue weighted by Gasteiger charge is -2.28. The minimum absolute atomic E-state index is 0.330. The molecule has 1 aliphatic heterocycles. The van der Waals surface area contributed by atoms with Crippen LogP contribution in [0.4, 0.5) is 17.3 Å². The molecular weight excluding hydrogens is 378 g/mol. The molecule has 0 radical (unpaired) electrons. The molecule has 1 fully saturated rings. The fourth-order valence-electron chi connectivity index (χ4n) is 3.80. The largest absolute Gasteiger partial charge is 0.497 e.